The number of pyridine rings is 1. The van der Waals surface area contributed by atoms with Gasteiger partial charge in [-0.05, 0) is 58.7 Å². The minimum absolute atomic E-state index is 0.0220. The molecule has 5 rings (SSSR count). The zero-order chi connectivity index (χ0) is 38.3. The zero-order valence-electron chi connectivity index (χ0n) is 31.0. The molecule has 0 saturated carbocycles. The average Bonchev–Trinajstić information content (AvgIpc) is 3.46. The van der Waals surface area contributed by atoms with Crippen molar-refractivity contribution in [1.82, 2.24) is 24.4 Å². The summed E-state index contributed by atoms with van der Waals surface area (Å²) in [5, 5.41) is 27.8. The van der Waals surface area contributed by atoms with E-state index in [-0.39, 0.29) is 36.4 Å². The van der Waals surface area contributed by atoms with Crippen LogP contribution in [0.2, 0.25) is 0 Å². The first-order valence-corrected chi connectivity index (χ1v) is 19.3. The van der Waals surface area contributed by atoms with Crippen LogP contribution < -0.4 is 5.32 Å². The van der Waals surface area contributed by atoms with Crippen LogP contribution in [0.15, 0.2) is 101 Å². The second-order valence-electron chi connectivity index (χ2n) is 15.1. The lowest BCUT2D eigenvalue weighted by molar-refractivity contribution is -0.130. The van der Waals surface area contributed by atoms with E-state index < -0.39 is 39.5 Å². The number of carbonyl (C=O) groups excluding carboxylic acids is 2. The van der Waals surface area contributed by atoms with Crippen molar-refractivity contribution in [3.8, 4) is 0 Å². The van der Waals surface area contributed by atoms with Crippen LogP contribution >= 0.6 is 0 Å². The molecule has 1 saturated heterocycles. The molecule has 0 bridgehead atoms. The summed E-state index contributed by atoms with van der Waals surface area (Å²) in [7, 11) is -4.07. The predicted octanol–water partition coefficient (Wildman–Crippen LogP) is 5.13. The fourth-order valence-electron chi connectivity index (χ4n) is 6.86. The molecule has 0 radical (unpaired) electrons. The molecule has 3 aromatic carbocycles. The lowest BCUT2D eigenvalue weighted by Gasteiger charge is -2.38. The van der Waals surface area contributed by atoms with Gasteiger partial charge in [-0.3, -0.25) is 9.78 Å². The Bertz CT molecular complexity index is 1990. The number of sulfonamides is 1. The van der Waals surface area contributed by atoms with Crippen LogP contribution in [0.1, 0.15) is 51.3 Å². The Labute approximate surface area is 312 Å². The van der Waals surface area contributed by atoms with Crippen LogP contribution in [0.25, 0.3) is 10.9 Å². The number of hydrogen-bond donors (Lipinski definition) is 3. The fraction of sp³-hybridized carbons (Fsp3) is 0.400. The normalized spacial score (nSPS) is 15.8. The van der Waals surface area contributed by atoms with E-state index in [0.29, 0.717) is 25.2 Å². The highest BCUT2D eigenvalue weighted by Gasteiger charge is 2.44. The summed E-state index contributed by atoms with van der Waals surface area (Å²) in [5.74, 6) is -0.499. The quantitative estimate of drug-likeness (QED) is 0.0867. The number of amides is 3. The number of fused-ring (bicyclic) bond motifs is 1. The maximum absolute atomic E-state index is 14.4. The van der Waals surface area contributed by atoms with Gasteiger partial charge in [-0.2, -0.15) is 4.31 Å². The zero-order valence-corrected chi connectivity index (χ0v) is 31.8. The highest BCUT2D eigenvalue weighted by Crippen LogP contribution is 2.30. The molecule has 12 nitrogen and oxygen atoms in total. The van der Waals surface area contributed by atoms with Gasteiger partial charge in [0.2, 0.25) is 15.9 Å². The molecule has 53 heavy (non-hydrogen) atoms. The summed E-state index contributed by atoms with van der Waals surface area (Å²) in [6.45, 7) is 10.5. The van der Waals surface area contributed by atoms with E-state index in [2.05, 4.69) is 15.5 Å². The third kappa shape index (κ3) is 9.58. The van der Waals surface area contributed by atoms with Crippen molar-refractivity contribution in [3.63, 3.8) is 0 Å². The number of hydrogen-bond acceptors (Lipinski definition) is 8. The molecule has 4 aromatic rings. The van der Waals surface area contributed by atoms with Gasteiger partial charge in [0.1, 0.15) is 6.04 Å². The first kappa shape index (κ1) is 39.4. The molecular formula is C40H50N6O6S. The van der Waals surface area contributed by atoms with Crippen LogP contribution in [0.3, 0.4) is 0 Å². The van der Waals surface area contributed by atoms with Gasteiger partial charge in [0.05, 0.1) is 28.8 Å². The minimum Gasteiger partial charge on any atom is -0.411 e. The highest BCUT2D eigenvalue weighted by atomic mass is 32.2. The van der Waals surface area contributed by atoms with Crippen molar-refractivity contribution in [2.45, 2.75) is 70.7 Å². The SMILES string of the molecule is CC(C)CN(C[C@H](O)[C@H](Cc1ccccc1)NC(=O)[C@@H](N1CCN(Cc2ccnc3ccccc23)C1=O)C(C)(C)C)S(=O)(=O)c1ccc(C=NO)cc1. The third-order valence-electron chi connectivity index (χ3n) is 9.38. The second-order valence-corrected chi connectivity index (χ2v) is 17.0. The van der Waals surface area contributed by atoms with Gasteiger partial charge in [-0.15, -0.1) is 0 Å². The monoisotopic (exact) mass is 742 g/mol. The topological polar surface area (TPSA) is 156 Å². The molecule has 13 heteroatoms. The van der Waals surface area contributed by atoms with Crippen LogP contribution in [0, 0.1) is 11.3 Å². The number of oxime groups is 1. The Morgan fingerprint density at radius 2 is 1.66 bits per heavy atom. The van der Waals surface area contributed by atoms with Gasteiger partial charge in [-0.25, -0.2) is 13.2 Å². The van der Waals surface area contributed by atoms with Crippen molar-refractivity contribution in [2.75, 3.05) is 26.2 Å². The number of aliphatic hydroxyl groups is 1. The Balaban J connectivity index is 1.39. The number of aliphatic hydroxyl groups excluding tert-OH is 1. The maximum Gasteiger partial charge on any atom is 0.321 e. The van der Waals surface area contributed by atoms with Crippen LogP contribution in [-0.2, 0) is 27.8 Å². The summed E-state index contributed by atoms with van der Waals surface area (Å²) < 4.78 is 29.1. The fourth-order valence-corrected chi connectivity index (χ4v) is 8.48. The largest absolute Gasteiger partial charge is 0.411 e. The molecule has 1 fully saturated rings. The number of para-hydroxylation sites is 1. The van der Waals surface area contributed by atoms with E-state index >= 15 is 0 Å². The van der Waals surface area contributed by atoms with Crippen molar-refractivity contribution in [2.24, 2.45) is 16.5 Å². The number of carbonyl (C=O) groups is 2. The van der Waals surface area contributed by atoms with E-state index in [1.807, 2.05) is 95.3 Å². The third-order valence-corrected chi connectivity index (χ3v) is 11.2. The Kier molecular flexibility index (Phi) is 12.5. The van der Waals surface area contributed by atoms with Crippen molar-refractivity contribution in [1.29, 1.82) is 0 Å². The van der Waals surface area contributed by atoms with Crippen LogP contribution in [0.4, 0.5) is 4.79 Å². The molecule has 0 unspecified atom stereocenters. The van der Waals surface area contributed by atoms with Gasteiger partial charge in [0, 0.05) is 44.3 Å². The summed E-state index contributed by atoms with van der Waals surface area (Å²) in [6.07, 6.45) is 1.85. The van der Waals surface area contributed by atoms with Gasteiger partial charge >= 0.3 is 6.03 Å². The number of nitrogens with one attached hydrogen (secondary N) is 1. The minimum atomic E-state index is -4.07. The molecule has 1 aromatic heterocycles. The second kappa shape index (κ2) is 16.9. The molecule has 1 aliphatic rings. The summed E-state index contributed by atoms with van der Waals surface area (Å²) in [4.78, 5) is 36.2. The van der Waals surface area contributed by atoms with Gasteiger partial charge in [0.15, 0.2) is 0 Å². The molecule has 3 N–H and O–H groups in total. The number of benzene rings is 3. The lowest BCUT2D eigenvalue weighted by Crippen LogP contribution is -2.59. The van der Waals surface area contributed by atoms with E-state index in [1.54, 1.807) is 16.0 Å². The van der Waals surface area contributed by atoms with Crippen molar-refractivity contribution in [3.05, 3.63) is 108 Å². The summed E-state index contributed by atoms with van der Waals surface area (Å²) in [5.41, 5.74) is 2.49. The van der Waals surface area contributed by atoms with E-state index in [4.69, 9.17) is 5.21 Å². The standard InChI is InChI=1S/C40H50N6O6S/c1-28(2)25-45(53(51,52)32-17-15-30(16-18-32)24-42-50)27-36(47)35(23-29-11-7-6-8-12-29)43-38(48)37(40(3,4)5)46-22-21-44(39(46)49)26-31-19-20-41-34-14-10-9-13-33(31)34/h6-20,24,28,35-37,47,50H,21-23,25-27H2,1-5H3,(H,43,48)/t35-,36-,37+/m0/s1. The Morgan fingerprint density at radius 3 is 2.32 bits per heavy atom. The molecule has 0 spiro atoms. The Hall–Kier alpha value is -4.85. The molecule has 3 atom stereocenters. The van der Waals surface area contributed by atoms with Gasteiger partial charge in [0.25, 0.3) is 0 Å². The first-order chi connectivity index (χ1) is 25.2. The number of rotatable bonds is 15. The Morgan fingerprint density at radius 1 is 0.981 bits per heavy atom. The van der Waals surface area contributed by atoms with Crippen LogP contribution in [-0.4, -0.2) is 100 Å². The molecule has 1 aliphatic heterocycles. The van der Waals surface area contributed by atoms with Gasteiger partial charge in [-0.1, -0.05) is 100 Å². The number of nitrogens with zero attached hydrogens (tertiary/aromatic N) is 5. The maximum atomic E-state index is 14.4. The molecule has 3 amide bonds. The van der Waals surface area contributed by atoms with E-state index in [1.165, 1.54) is 34.8 Å². The highest BCUT2D eigenvalue weighted by molar-refractivity contribution is 7.89. The van der Waals surface area contributed by atoms with E-state index in [0.717, 1.165) is 22.0 Å². The molecule has 0 aliphatic carbocycles. The first-order valence-electron chi connectivity index (χ1n) is 17.9. The average molecular weight is 743 g/mol. The number of urea groups is 1. The summed E-state index contributed by atoms with van der Waals surface area (Å²) >= 11 is 0. The van der Waals surface area contributed by atoms with Crippen molar-refractivity contribution < 1.29 is 28.3 Å². The lowest BCUT2D eigenvalue weighted by atomic mass is 9.84. The van der Waals surface area contributed by atoms with E-state index in [9.17, 15) is 23.1 Å². The van der Waals surface area contributed by atoms with Crippen LogP contribution in [0.5, 0.6) is 0 Å². The molecular weight excluding hydrogens is 693 g/mol. The molecule has 2 heterocycles. The van der Waals surface area contributed by atoms with Crippen molar-refractivity contribution >= 4 is 39.1 Å². The summed E-state index contributed by atoms with van der Waals surface area (Å²) in [6, 6.07) is 22.9. The predicted molar refractivity (Wildman–Crippen MR) is 205 cm³/mol. The molecule has 282 valence electrons. The smallest absolute Gasteiger partial charge is 0.321 e. The van der Waals surface area contributed by atoms with Gasteiger partial charge < -0.3 is 25.4 Å². The number of aromatic nitrogens is 1.